The van der Waals surface area contributed by atoms with Gasteiger partial charge in [-0.1, -0.05) is 18.2 Å². The summed E-state index contributed by atoms with van der Waals surface area (Å²) in [5.41, 5.74) is 8.23. The summed E-state index contributed by atoms with van der Waals surface area (Å²) in [7, 11) is 1.63. The first-order valence-electron chi connectivity index (χ1n) is 11.4. The number of anilines is 1. The number of aliphatic hydroxyl groups is 1. The monoisotopic (exact) mass is 475 g/mol. The van der Waals surface area contributed by atoms with E-state index in [-0.39, 0.29) is 24.2 Å². The number of imidazole rings is 1. The first-order valence-corrected chi connectivity index (χ1v) is 11.4. The van der Waals surface area contributed by atoms with Crippen LogP contribution in [-0.2, 0) is 17.8 Å². The van der Waals surface area contributed by atoms with E-state index in [1.54, 1.807) is 17.9 Å². The molecule has 0 bridgehead atoms. The lowest BCUT2D eigenvalue weighted by atomic mass is 10.1. The standard InChI is InChI=1S/C26H29N5O4/c1-35-22-7-2-18(3-8-22)4-9-25(33)29-20-6-5-19-10-12-30(24(19)14-20)13-11-21(16-32)31-15-23(26(27)34)28-17-31/h2-3,5-8,10,12,14-15,17,21,32H,4,9,11,13,16H2,1H3,(H2,27,34)(H,29,33). The van der Waals surface area contributed by atoms with Gasteiger partial charge >= 0.3 is 0 Å². The number of fused-ring (bicyclic) bond motifs is 1. The first-order chi connectivity index (χ1) is 17.0. The van der Waals surface area contributed by atoms with Crippen molar-refractivity contribution in [1.82, 2.24) is 14.1 Å². The van der Waals surface area contributed by atoms with Gasteiger partial charge in [-0.3, -0.25) is 9.59 Å². The smallest absolute Gasteiger partial charge is 0.268 e. The molecule has 182 valence electrons. The Kier molecular flexibility index (Phi) is 7.47. The Morgan fingerprint density at radius 2 is 1.97 bits per heavy atom. The minimum absolute atomic E-state index is 0.0519. The molecule has 0 radical (unpaired) electrons. The summed E-state index contributed by atoms with van der Waals surface area (Å²) < 4.78 is 8.96. The van der Waals surface area contributed by atoms with E-state index in [1.165, 1.54) is 6.33 Å². The zero-order chi connectivity index (χ0) is 24.8. The molecule has 1 atom stereocenters. The Morgan fingerprint density at radius 3 is 2.66 bits per heavy atom. The van der Waals surface area contributed by atoms with Crippen LogP contribution in [0.5, 0.6) is 5.75 Å². The van der Waals surface area contributed by atoms with Crippen molar-refractivity contribution in [3.05, 3.63) is 78.5 Å². The van der Waals surface area contributed by atoms with E-state index in [4.69, 9.17) is 10.5 Å². The normalized spacial score (nSPS) is 11.9. The number of benzene rings is 2. The van der Waals surface area contributed by atoms with E-state index in [1.807, 2.05) is 54.7 Å². The van der Waals surface area contributed by atoms with Gasteiger partial charge in [0.25, 0.3) is 5.91 Å². The highest BCUT2D eigenvalue weighted by molar-refractivity contribution is 5.94. The molecule has 2 amide bonds. The van der Waals surface area contributed by atoms with Crippen molar-refractivity contribution in [2.45, 2.75) is 31.8 Å². The zero-order valence-electron chi connectivity index (χ0n) is 19.6. The highest BCUT2D eigenvalue weighted by atomic mass is 16.5. The van der Waals surface area contributed by atoms with Gasteiger partial charge in [0.05, 0.1) is 31.6 Å². The fourth-order valence-electron chi connectivity index (χ4n) is 4.02. The topological polar surface area (TPSA) is 124 Å². The van der Waals surface area contributed by atoms with E-state index in [2.05, 4.69) is 14.9 Å². The van der Waals surface area contributed by atoms with Crippen LogP contribution in [-0.4, -0.2) is 44.8 Å². The molecule has 0 aliphatic rings. The molecular formula is C26H29N5O4. The summed E-state index contributed by atoms with van der Waals surface area (Å²) in [4.78, 5) is 27.8. The Bertz CT molecular complexity index is 1310. The molecule has 4 rings (SSSR count). The maximum Gasteiger partial charge on any atom is 0.268 e. The molecule has 9 heteroatoms. The van der Waals surface area contributed by atoms with Crippen LogP contribution in [0.15, 0.2) is 67.3 Å². The quantitative estimate of drug-likeness (QED) is 0.307. The Morgan fingerprint density at radius 1 is 1.17 bits per heavy atom. The third-order valence-electron chi connectivity index (χ3n) is 6.05. The third kappa shape index (κ3) is 5.88. The number of aromatic nitrogens is 3. The summed E-state index contributed by atoms with van der Waals surface area (Å²) in [5.74, 6) is 0.139. The predicted molar refractivity (Wildman–Crippen MR) is 133 cm³/mol. The number of hydrogen-bond donors (Lipinski definition) is 3. The molecule has 2 aromatic heterocycles. The van der Waals surface area contributed by atoms with Crippen LogP contribution < -0.4 is 15.8 Å². The Balaban J connectivity index is 1.38. The lowest BCUT2D eigenvalue weighted by Crippen LogP contribution is -2.15. The van der Waals surface area contributed by atoms with Gasteiger partial charge in [0.15, 0.2) is 0 Å². The molecule has 0 aliphatic carbocycles. The maximum absolute atomic E-state index is 12.5. The largest absolute Gasteiger partial charge is 0.497 e. The van der Waals surface area contributed by atoms with Crippen molar-refractivity contribution < 1.29 is 19.4 Å². The van der Waals surface area contributed by atoms with Crippen LogP contribution in [0.3, 0.4) is 0 Å². The molecule has 0 aliphatic heterocycles. The number of carbonyl (C=O) groups is 2. The molecule has 0 fully saturated rings. The fourth-order valence-corrected chi connectivity index (χ4v) is 4.02. The third-order valence-corrected chi connectivity index (χ3v) is 6.05. The molecule has 1 unspecified atom stereocenters. The summed E-state index contributed by atoms with van der Waals surface area (Å²) >= 11 is 0. The lowest BCUT2D eigenvalue weighted by molar-refractivity contribution is -0.116. The molecule has 35 heavy (non-hydrogen) atoms. The van der Waals surface area contributed by atoms with Gasteiger partial charge in [0.1, 0.15) is 11.4 Å². The van der Waals surface area contributed by atoms with Crippen LogP contribution in [0, 0.1) is 0 Å². The van der Waals surface area contributed by atoms with Crippen LogP contribution in [0.2, 0.25) is 0 Å². The minimum Gasteiger partial charge on any atom is -0.497 e. The zero-order valence-corrected chi connectivity index (χ0v) is 19.6. The molecule has 9 nitrogen and oxygen atoms in total. The number of rotatable bonds is 11. The first kappa shape index (κ1) is 24.0. The van der Waals surface area contributed by atoms with Crippen LogP contribution in [0.1, 0.15) is 34.9 Å². The van der Waals surface area contributed by atoms with E-state index >= 15 is 0 Å². The molecule has 0 saturated carbocycles. The van der Waals surface area contributed by atoms with Gasteiger partial charge < -0.3 is 30.0 Å². The van der Waals surface area contributed by atoms with Crippen molar-refractivity contribution in [2.24, 2.45) is 5.73 Å². The van der Waals surface area contributed by atoms with Crippen molar-refractivity contribution in [3.63, 3.8) is 0 Å². The number of amides is 2. The highest BCUT2D eigenvalue weighted by Crippen LogP contribution is 2.23. The van der Waals surface area contributed by atoms with Gasteiger partial charge in [-0.15, -0.1) is 0 Å². The van der Waals surface area contributed by atoms with Crippen LogP contribution in [0.25, 0.3) is 10.9 Å². The molecule has 4 N–H and O–H groups in total. The van der Waals surface area contributed by atoms with Gasteiger partial charge in [-0.2, -0.15) is 0 Å². The number of aliphatic hydroxyl groups excluding tert-OH is 1. The number of aryl methyl sites for hydroxylation is 2. The summed E-state index contributed by atoms with van der Waals surface area (Å²) in [5, 5.41) is 13.9. The molecule has 4 aromatic rings. The SMILES string of the molecule is COc1ccc(CCC(=O)Nc2ccc3ccn(CCC(CO)n4cnc(C(N)=O)c4)c3c2)cc1. The minimum atomic E-state index is -0.601. The Hall–Kier alpha value is -4.11. The predicted octanol–water partition coefficient (Wildman–Crippen LogP) is 3.14. The van der Waals surface area contributed by atoms with Crippen molar-refractivity contribution in [3.8, 4) is 5.75 Å². The van der Waals surface area contributed by atoms with Crippen LogP contribution in [0.4, 0.5) is 5.69 Å². The molecule has 2 heterocycles. The fraction of sp³-hybridized carbons (Fsp3) is 0.269. The number of hydrogen-bond acceptors (Lipinski definition) is 5. The number of nitrogens with two attached hydrogens (primary N) is 1. The lowest BCUT2D eigenvalue weighted by Gasteiger charge is -2.16. The summed E-state index contributed by atoms with van der Waals surface area (Å²) in [6, 6.07) is 15.3. The second kappa shape index (κ2) is 10.9. The van der Waals surface area contributed by atoms with E-state index < -0.39 is 5.91 Å². The molecular weight excluding hydrogens is 446 g/mol. The summed E-state index contributed by atoms with van der Waals surface area (Å²) in [6.45, 7) is 0.539. The van der Waals surface area contributed by atoms with Crippen molar-refractivity contribution >= 4 is 28.4 Å². The number of nitrogens with one attached hydrogen (secondary N) is 1. The average molecular weight is 476 g/mol. The van der Waals surface area contributed by atoms with E-state index in [0.29, 0.717) is 25.8 Å². The van der Waals surface area contributed by atoms with Gasteiger partial charge in [0.2, 0.25) is 5.91 Å². The number of methoxy groups -OCH3 is 1. The number of ether oxygens (including phenoxy) is 1. The van der Waals surface area contributed by atoms with E-state index in [9.17, 15) is 14.7 Å². The molecule has 2 aromatic carbocycles. The van der Waals surface area contributed by atoms with Crippen LogP contribution >= 0.6 is 0 Å². The second-order valence-corrected chi connectivity index (χ2v) is 8.37. The number of nitrogens with zero attached hydrogens (tertiary/aromatic N) is 3. The average Bonchev–Trinajstić information content (AvgIpc) is 3.51. The van der Waals surface area contributed by atoms with Gasteiger partial charge in [0, 0.05) is 31.0 Å². The Labute approximate surface area is 203 Å². The maximum atomic E-state index is 12.5. The highest BCUT2D eigenvalue weighted by Gasteiger charge is 2.14. The number of primary amides is 1. The number of carbonyl (C=O) groups excluding carboxylic acids is 2. The van der Waals surface area contributed by atoms with E-state index in [0.717, 1.165) is 27.9 Å². The van der Waals surface area contributed by atoms with Crippen molar-refractivity contribution in [1.29, 1.82) is 0 Å². The molecule has 0 spiro atoms. The van der Waals surface area contributed by atoms with Crippen molar-refractivity contribution in [2.75, 3.05) is 19.0 Å². The van der Waals surface area contributed by atoms with Gasteiger partial charge in [-0.25, -0.2) is 4.98 Å². The second-order valence-electron chi connectivity index (χ2n) is 8.37. The molecule has 0 saturated heterocycles. The van der Waals surface area contributed by atoms with Gasteiger partial charge in [-0.05, 0) is 54.1 Å². The summed E-state index contributed by atoms with van der Waals surface area (Å²) in [6.07, 6.45) is 6.68.